The summed E-state index contributed by atoms with van der Waals surface area (Å²) in [6.07, 6.45) is 0.254. The van der Waals surface area contributed by atoms with Gasteiger partial charge in [-0.1, -0.05) is 0 Å². The molecule has 1 heterocycles. The summed E-state index contributed by atoms with van der Waals surface area (Å²) in [5.74, 6) is -1.80. The molecule has 1 nitrogen and oxygen atoms in total. The number of halogens is 2. The van der Waals surface area contributed by atoms with Crippen molar-refractivity contribution < 1.29 is 8.78 Å². The molecule has 2 rings (SSSR count). The summed E-state index contributed by atoms with van der Waals surface area (Å²) in [5, 5.41) is 0. The summed E-state index contributed by atoms with van der Waals surface area (Å²) in [6.45, 7) is 1.75. The van der Waals surface area contributed by atoms with E-state index in [1.807, 2.05) is 7.05 Å². The monoisotopic (exact) mass is 161 g/mol. The number of rotatable bonds is 0. The Labute approximate surface area is 65.4 Å². The minimum Gasteiger partial charge on any atom is -0.306 e. The van der Waals surface area contributed by atoms with Crippen LogP contribution < -0.4 is 0 Å². The second-order valence-electron chi connectivity index (χ2n) is 4.01. The van der Waals surface area contributed by atoms with Gasteiger partial charge in [0.25, 0.3) is 0 Å². The van der Waals surface area contributed by atoms with Crippen molar-refractivity contribution in [1.29, 1.82) is 0 Å². The van der Waals surface area contributed by atoms with E-state index in [0.29, 0.717) is 0 Å². The third-order valence-electron chi connectivity index (χ3n) is 2.88. The van der Waals surface area contributed by atoms with Crippen LogP contribution in [0.1, 0.15) is 12.8 Å². The summed E-state index contributed by atoms with van der Waals surface area (Å²) >= 11 is 0. The Bertz CT molecular complexity index is 153. The van der Waals surface area contributed by atoms with Crippen LogP contribution in [0.25, 0.3) is 0 Å². The average molecular weight is 161 g/mol. The van der Waals surface area contributed by atoms with E-state index < -0.39 is 5.92 Å². The van der Waals surface area contributed by atoms with Crippen LogP contribution >= 0.6 is 0 Å². The summed E-state index contributed by atoms with van der Waals surface area (Å²) in [6, 6.07) is 0. The van der Waals surface area contributed by atoms with Gasteiger partial charge in [-0.15, -0.1) is 0 Å². The predicted molar refractivity (Wildman–Crippen MR) is 38.7 cm³/mol. The van der Waals surface area contributed by atoms with Gasteiger partial charge in [-0.05, 0) is 18.9 Å². The minimum absolute atomic E-state index is 0.127. The number of fused-ring (bicyclic) bond motifs is 1. The fourth-order valence-corrected chi connectivity index (χ4v) is 2.49. The van der Waals surface area contributed by atoms with E-state index in [4.69, 9.17) is 0 Å². The second-order valence-corrected chi connectivity index (χ2v) is 4.01. The third-order valence-corrected chi connectivity index (χ3v) is 2.88. The van der Waals surface area contributed by atoms with E-state index in [0.717, 1.165) is 13.1 Å². The van der Waals surface area contributed by atoms with Gasteiger partial charge >= 0.3 is 0 Å². The van der Waals surface area contributed by atoms with Crippen molar-refractivity contribution >= 4 is 0 Å². The quantitative estimate of drug-likeness (QED) is 0.521. The zero-order valence-corrected chi connectivity index (χ0v) is 6.69. The summed E-state index contributed by atoms with van der Waals surface area (Å²) in [4.78, 5) is 2.16. The van der Waals surface area contributed by atoms with E-state index in [2.05, 4.69) is 4.90 Å². The maximum atomic E-state index is 12.8. The van der Waals surface area contributed by atoms with E-state index in [1.165, 1.54) is 0 Å². The highest BCUT2D eigenvalue weighted by Gasteiger charge is 2.49. The second kappa shape index (κ2) is 2.16. The molecule has 0 aromatic rings. The highest BCUT2D eigenvalue weighted by Crippen LogP contribution is 2.46. The molecule has 0 bridgehead atoms. The minimum atomic E-state index is -2.35. The van der Waals surface area contributed by atoms with Gasteiger partial charge in [0.05, 0.1) is 0 Å². The number of nitrogens with zero attached hydrogens (tertiary/aromatic N) is 1. The molecule has 2 aliphatic rings. The van der Waals surface area contributed by atoms with Crippen LogP contribution in [0, 0.1) is 11.8 Å². The van der Waals surface area contributed by atoms with Gasteiger partial charge in [0.15, 0.2) is 0 Å². The molecule has 2 fully saturated rings. The Hall–Kier alpha value is -0.180. The number of hydrogen-bond donors (Lipinski definition) is 0. The van der Waals surface area contributed by atoms with E-state index in [1.54, 1.807) is 0 Å². The van der Waals surface area contributed by atoms with Crippen molar-refractivity contribution in [3.8, 4) is 0 Å². The molecule has 1 aliphatic heterocycles. The molecule has 1 saturated heterocycles. The highest BCUT2D eigenvalue weighted by atomic mass is 19.3. The first-order chi connectivity index (χ1) is 5.07. The van der Waals surface area contributed by atoms with Gasteiger partial charge in [-0.2, -0.15) is 0 Å². The first-order valence-corrected chi connectivity index (χ1v) is 4.13. The van der Waals surface area contributed by atoms with Gasteiger partial charge < -0.3 is 4.90 Å². The Kier molecular flexibility index (Phi) is 1.46. The molecule has 0 N–H and O–H groups in total. The molecule has 0 spiro atoms. The number of alkyl halides is 2. The SMILES string of the molecule is CN1C[C@@H]2CC(F)(F)C[C@@H]2C1. The van der Waals surface area contributed by atoms with Crippen LogP contribution in [0.4, 0.5) is 8.78 Å². The molecular weight excluding hydrogens is 148 g/mol. The lowest BCUT2D eigenvalue weighted by atomic mass is 10.0. The maximum absolute atomic E-state index is 12.8. The zero-order valence-electron chi connectivity index (χ0n) is 6.69. The Morgan fingerprint density at radius 1 is 1.18 bits per heavy atom. The highest BCUT2D eigenvalue weighted by molar-refractivity contribution is 4.94. The Morgan fingerprint density at radius 3 is 2.09 bits per heavy atom. The molecule has 0 aromatic carbocycles. The van der Waals surface area contributed by atoms with Gasteiger partial charge in [-0.3, -0.25) is 0 Å². The zero-order chi connectivity index (χ0) is 8.06. The fourth-order valence-electron chi connectivity index (χ4n) is 2.49. The van der Waals surface area contributed by atoms with Crippen LogP contribution in [0.3, 0.4) is 0 Å². The number of hydrogen-bond acceptors (Lipinski definition) is 1. The molecule has 1 saturated carbocycles. The van der Waals surface area contributed by atoms with Gasteiger partial charge in [0.2, 0.25) is 5.92 Å². The lowest BCUT2D eigenvalue weighted by molar-refractivity contribution is -0.00180. The van der Waals surface area contributed by atoms with Crippen LogP contribution in [-0.4, -0.2) is 31.0 Å². The average Bonchev–Trinajstić information content (AvgIpc) is 2.17. The van der Waals surface area contributed by atoms with Crippen LogP contribution in [-0.2, 0) is 0 Å². The standard InChI is InChI=1S/C8H13F2N/c1-11-4-6-2-8(9,10)3-7(6)5-11/h6-7H,2-5H2,1H3/t6-,7+. The smallest absolute Gasteiger partial charge is 0.248 e. The molecule has 0 radical (unpaired) electrons. The topological polar surface area (TPSA) is 3.24 Å². The van der Waals surface area contributed by atoms with E-state index in [9.17, 15) is 8.78 Å². The van der Waals surface area contributed by atoms with Crippen molar-refractivity contribution in [3.05, 3.63) is 0 Å². The first kappa shape index (κ1) is 7.47. The fraction of sp³-hybridized carbons (Fsp3) is 1.00. The van der Waals surface area contributed by atoms with Gasteiger partial charge in [-0.25, -0.2) is 8.78 Å². The van der Waals surface area contributed by atoms with Crippen LogP contribution in [0.5, 0.6) is 0 Å². The largest absolute Gasteiger partial charge is 0.306 e. The third kappa shape index (κ3) is 1.26. The lowest BCUT2D eigenvalue weighted by Crippen LogP contribution is -2.20. The number of likely N-dealkylation sites (tertiary alicyclic amines) is 1. The van der Waals surface area contributed by atoms with E-state index >= 15 is 0 Å². The maximum Gasteiger partial charge on any atom is 0.248 e. The predicted octanol–water partition coefficient (Wildman–Crippen LogP) is 1.59. The molecule has 3 heteroatoms. The van der Waals surface area contributed by atoms with Crippen molar-refractivity contribution in [2.24, 2.45) is 11.8 Å². The van der Waals surface area contributed by atoms with E-state index in [-0.39, 0.29) is 24.7 Å². The summed E-state index contributed by atoms with van der Waals surface area (Å²) in [7, 11) is 2.01. The Balaban J connectivity index is 2.04. The Morgan fingerprint density at radius 2 is 1.64 bits per heavy atom. The van der Waals surface area contributed by atoms with Gasteiger partial charge in [0, 0.05) is 25.9 Å². The first-order valence-electron chi connectivity index (χ1n) is 4.13. The molecule has 2 atom stereocenters. The van der Waals surface area contributed by atoms with Crippen LogP contribution in [0.15, 0.2) is 0 Å². The molecule has 1 aliphatic carbocycles. The molecular formula is C8H13F2N. The normalized spacial score (nSPS) is 42.8. The van der Waals surface area contributed by atoms with Crippen molar-refractivity contribution in [1.82, 2.24) is 4.90 Å². The summed E-state index contributed by atoms with van der Waals surface area (Å²) in [5.41, 5.74) is 0. The summed E-state index contributed by atoms with van der Waals surface area (Å²) < 4.78 is 25.5. The lowest BCUT2D eigenvalue weighted by Gasteiger charge is -2.13. The van der Waals surface area contributed by atoms with Crippen molar-refractivity contribution in [2.45, 2.75) is 18.8 Å². The molecule has 0 unspecified atom stereocenters. The molecule has 64 valence electrons. The van der Waals surface area contributed by atoms with Crippen LogP contribution in [0.2, 0.25) is 0 Å². The molecule has 0 amide bonds. The molecule has 11 heavy (non-hydrogen) atoms. The molecule has 0 aromatic heterocycles. The van der Waals surface area contributed by atoms with Crippen molar-refractivity contribution in [2.75, 3.05) is 20.1 Å². The van der Waals surface area contributed by atoms with Crippen molar-refractivity contribution in [3.63, 3.8) is 0 Å². The van der Waals surface area contributed by atoms with Gasteiger partial charge in [0.1, 0.15) is 0 Å².